The first-order valence-corrected chi connectivity index (χ1v) is 15.4. The third-order valence-corrected chi connectivity index (χ3v) is 8.29. The van der Waals surface area contributed by atoms with Crippen molar-refractivity contribution in [2.75, 3.05) is 104 Å². The number of anilines is 1. The van der Waals surface area contributed by atoms with Gasteiger partial charge in [-0.2, -0.15) is 0 Å². The van der Waals surface area contributed by atoms with Gasteiger partial charge in [-0.1, -0.05) is 12.1 Å². The predicted octanol–water partition coefficient (Wildman–Crippen LogP) is -0.931. The molecular weight excluding hydrogens is 614 g/mol. The van der Waals surface area contributed by atoms with Gasteiger partial charge in [-0.3, -0.25) is 53.3 Å². The molecule has 2 aromatic carbocycles. The monoisotopic (exact) mass is 655 g/mol. The topological polar surface area (TPSA) is 203 Å². The Kier molecular flexibility index (Phi) is 12.2. The Morgan fingerprint density at radius 2 is 1.11 bits per heavy atom. The number of benzene rings is 2. The highest BCUT2D eigenvalue weighted by Crippen LogP contribution is 2.34. The molecule has 3 amide bonds. The van der Waals surface area contributed by atoms with Crippen LogP contribution in [0.25, 0.3) is 10.8 Å². The molecule has 2 aliphatic rings. The quantitative estimate of drug-likeness (QED) is 0.175. The fourth-order valence-corrected chi connectivity index (χ4v) is 5.92. The number of hydrogen-bond donors (Lipinski definition) is 5. The highest BCUT2D eigenvalue weighted by atomic mass is 16.4. The molecule has 0 atom stereocenters. The van der Waals surface area contributed by atoms with Gasteiger partial charge in [0.05, 0.1) is 26.2 Å². The average Bonchev–Trinajstić information content (AvgIpc) is 3.01. The Morgan fingerprint density at radius 1 is 0.660 bits per heavy atom. The molecule has 16 heteroatoms. The van der Waals surface area contributed by atoms with E-state index in [1.165, 1.54) is 0 Å². The summed E-state index contributed by atoms with van der Waals surface area (Å²) in [6.45, 7) is 1.30. The van der Waals surface area contributed by atoms with Crippen LogP contribution in [0.15, 0.2) is 30.3 Å². The van der Waals surface area contributed by atoms with Crippen molar-refractivity contribution in [3.8, 4) is 0 Å². The molecule has 0 spiro atoms. The van der Waals surface area contributed by atoms with Crippen molar-refractivity contribution in [2.45, 2.75) is 0 Å². The number of hydrogen-bond acceptors (Lipinski definition) is 11. The van der Waals surface area contributed by atoms with Gasteiger partial charge in [-0.15, -0.1) is 0 Å². The number of carboxylic acids is 3. The molecule has 2 aromatic rings. The van der Waals surface area contributed by atoms with Crippen LogP contribution < -0.4 is 10.6 Å². The lowest BCUT2D eigenvalue weighted by atomic mass is 9.93. The second-order valence-corrected chi connectivity index (χ2v) is 11.5. The van der Waals surface area contributed by atoms with E-state index in [2.05, 4.69) is 10.6 Å². The third-order valence-electron chi connectivity index (χ3n) is 8.29. The minimum Gasteiger partial charge on any atom is -0.480 e. The van der Waals surface area contributed by atoms with Crippen molar-refractivity contribution >= 4 is 52.1 Å². The van der Waals surface area contributed by atoms with E-state index in [1.54, 1.807) is 50.9 Å². The van der Waals surface area contributed by atoms with E-state index in [-0.39, 0.29) is 84.4 Å². The predicted molar refractivity (Wildman–Crippen MR) is 171 cm³/mol. The van der Waals surface area contributed by atoms with Gasteiger partial charge in [0.15, 0.2) is 0 Å². The van der Waals surface area contributed by atoms with Crippen molar-refractivity contribution in [1.29, 1.82) is 0 Å². The molecule has 47 heavy (non-hydrogen) atoms. The second kappa shape index (κ2) is 16.3. The van der Waals surface area contributed by atoms with Crippen molar-refractivity contribution in [3.63, 3.8) is 0 Å². The summed E-state index contributed by atoms with van der Waals surface area (Å²) in [7, 11) is 1.76. The number of imide groups is 1. The zero-order valence-electron chi connectivity index (χ0n) is 26.3. The SMILES string of the molecule is CNc1ccc2c3c(cccc13)C(=O)N(CCNC(=O)CN1CCN(CC(=O)O)CCN(CC(=O)O)CCN(CC(=O)O)CC1)C2=O. The molecule has 0 radical (unpaired) electrons. The summed E-state index contributed by atoms with van der Waals surface area (Å²) in [4.78, 5) is 82.0. The van der Waals surface area contributed by atoms with Crippen LogP contribution in [-0.4, -0.2) is 174 Å². The summed E-state index contributed by atoms with van der Waals surface area (Å²) in [5, 5.41) is 35.3. The highest BCUT2D eigenvalue weighted by Gasteiger charge is 2.33. The van der Waals surface area contributed by atoms with Crippen molar-refractivity contribution in [2.24, 2.45) is 0 Å². The van der Waals surface area contributed by atoms with Crippen molar-refractivity contribution in [1.82, 2.24) is 29.8 Å². The Bertz CT molecular complexity index is 1460. The smallest absolute Gasteiger partial charge is 0.317 e. The van der Waals surface area contributed by atoms with Crippen LogP contribution in [0.2, 0.25) is 0 Å². The number of carbonyl (C=O) groups excluding carboxylic acids is 3. The zero-order chi connectivity index (χ0) is 34.1. The maximum Gasteiger partial charge on any atom is 0.317 e. The average molecular weight is 656 g/mol. The number of aliphatic carboxylic acids is 3. The van der Waals surface area contributed by atoms with Gasteiger partial charge in [0.25, 0.3) is 11.8 Å². The Labute approximate surface area is 271 Å². The van der Waals surface area contributed by atoms with Crippen LogP contribution >= 0.6 is 0 Å². The van der Waals surface area contributed by atoms with Gasteiger partial charge >= 0.3 is 17.9 Å². The van der Waals surface area contributed by atoms with E-state index in [1.807, 2.05) is 6.07 Å². The maximum atomic E-state index is 13.3. The molecule has 0 aromatic heterocycles. The lowest BCUT2D eigenvalue weighted by molar-refractivity contribution is -0.140. The number of nitrogens with one attached hydrogen (secondary N) is 2. The molecule has 0 aliphatic carbocycles. The van der Waals surface area contributed by atoms with E-state index in [0.29, 0.717) is 29.6 Å². The molecule has 16 nitrogen and oxygen atoms in total. The van der Waals surface area contributed by atoms with Crippen molar-refractivity contribution in [3.05, 3.63) is 41.5 Å². The van der Waals surface area contributed by atoms with Gasteiger partial charge in [-0.05, 0) is 18.2 Å². The normalized spacial score (nSPS) is 17.6. The van der Waals surface area contributed by atoms with Crippen LogP contribution in [0.3, 0.4) is 0 Å². The fraction of sp³-hybridized carbons (Fsp3) is 0.484. The van der Waals surface area contributed by atoms with Gasteiger partial charge in [0, 0.05) is 100 Å². The minimum absolute atomic E-state index is 0.0136. The van der Waals surface area contributed by atoms with Gasteiger partial charge < -0.3 is 26.0 Å². The first-order valence-electron chi connectivity index (χ1n) is 15.4. The van der Waals surface area contributed by atoms with Gasteiger partial charge in [0.1, 0.15) is 0 Å². The van der Waals surface area contributed by atoms with Gasteiger partial charge in [-0.25, -0.2) is 0 Å². The van der Waals surface area contributed by atoms with Crippen LogP contribution in [0, 0.1) is 0 Å². The van der Waals surface area contributed by atoms with Crippen molar-refractivity contribution < 1.29 is 44.1 Å². The molecule has 0 saturated carbocycles. The first kappa shape index (κ1) is 35.2. The van der Waals surface area contributed by atoms with Crippen LogP contribution in [0.1, 0.15) is 20.7 Å². The third kappa shape index (κ3) is 9.45. The maximum absolute atomic E-state index is 13.3. The Balaban J connectivity index is 1.39. The lowest BCUT2D eigenvalue weighted by Crippen LogP contribution is -2.50. The summed E-state index contributed by atoms with van der Waals surface area (Å²) < 4.78 is 0. The largest absolute Gasteiger partial charge is 0.480 e. The van der Waals surface area contributed by atoms with E-state index in [4.69, 9.17) is 0 Å². The van der Waals surface area contributed by atoms with Crippen LogP contribution in [-0.2, 0) is 19.2 Å². The molecular formula is C31H41N7O9. The molecule has 2 aliphatic heterocycles. The lowest BCUT2D eigenvalue weighted by Gasteiger charge is -2.33. The number of amides is 3. The highest BCUT2D eigenvalue weighted by molar-refractivity contribution is 6.26. The minimum atomic E-state index is -1.04. The summed E-state index contributed by atoms with van der Waals surface area (Å²) in [6.07, 6.45) is 0. The van der Waals surface area contributed by atoms with Crippen LogP contribution in [0.5, 0.6) is 0 Å². The van der Waals surface area contributed by atoms with E-state index in [9.17, 15) is 44.1 Å². The molecule has 5 N–H and O–H groups in total. The van der Waals surface area contributed by atoms with E-state index >= 15 is 0 Å². The summed E-state index contributed by atoms with van der Waals surface area (Å²) in [5.41, 5.74) is 1.61. The summed E-state index contributed by atoms with van der Waals surface area (Å²) >= 11 is 0. The summed E-state index contributed by atoms with van der Waals surface area (Å²) in [6, 6.07) is 8.74. The molecule has 4 rings (SSSR count). The van der Waals surface area contributed by atoms with Crippen LogP contribution in [0.4, 0.5) is 5.69 Å². The number of carboxylic acid groups (broad SMARTS) is 3. The Hall–Kier alpha value is -4.64. The fourth-order valence-electron chi connectivity index (χ4n) is 5.92. The molecule has 2 heterocycles. The Morgan fingerprint density at radius 3 is 1.55 bits per heavy atom. The summed E-state index contributed by atoms with van der Waals surface area (Å²) in [5.74, 6) is -4.39. The van der Waals surface area contributed by atoms with Gasteiger partial charge in [0.2, 0.25) is 5.91 Å². The molecule has 1 fully saturated rings. The molecule has 0 bridgehead atoms. The standard InChI is InChI=1S/C31H41N7O9/c1-32-24-6-5-23-29-21(24)3-2-4-22(29)30(46)38(31(23)47)8-7-33-25(39)17-34-9-11-35(18-26(40)41)13-15-37(20-28(44)45)16-14-36(12-10-34)19-27(42)43/h2-6,32H,7-20H2,1H3,(H,33,39)(H,40,41)(H,42,43)(H,44,45). The molecule has 254 valence electrons. The first-order chi connectivity index (χ1) is 22.5. The second-order valence-electron chi connectivity index (χ2n) is 11.5. The number of nitrogens with zero attached hydrogens (tertiary/aromatic N) is 5. The van der Waals surface area contributed by atoms with E-state index < -0.39 is 29.7 Å². The number of carbonyl (C=O) groups is 6. The number of rotatable bonds is 12. The zero-order valence-corrected chi connectivity index (χ0v) is 26.3. The van der Waals surface area contributed by atoms with E-state index in [0.717, 1.165) is 16.0 Å². The molecule has 1 saturated heterocycles. The molecule has 0 unspecified atom stereocenters.